The number of carbonyl (C=O) groups excluding carboxylic acids is 1. The fourth-order valence-corrected chi connectivity index (χ4v) is 5.18. The highest BCUT2D eigenvalue weighted by atomic mass is 35.5. The summed E-state index contributed by atoms with van der Waals surface area (Å²) in [6.45, 7) is 6.27. The molecule has 1 heterocycles. The monoisotopic (exact) mass is 466 g/mol. The van der Waals surface area contributed by atoms with Crippen LogP contribution in [0.1, 0.15) is 42.7 Å². The molecule has 4 nitrogen and oxygen atoms in total. The molecule has 2 aromatic carbocycles. The fourth-order valence-electron chi connectivity index (χ4n) is 4.89. The third-order valence-corrected chi connectivity index (χ3v) is 6.85. The first-order valence-electron chi connectivity index (χ1n) is 10.9. The summed E-state index contributed by atoms with van der Waals surface area (Å²) in [6.07, 6.45) is 1.44. The minimum absolute atomic E-state index is 0.170. The van der Waals surface area contributed by atoms with Crippen molar-refractivity contribution in [1.29, 1.82) is 0 Å². The number of carbonyl (C=O) groups is 1. The normalized spacial score (nSPS) is 20.4. The molecule has 0 radical (unpaired) electrons. The van der Waals surface area contributed by atoms with Crippen LogP contribution in [0.4, 0.5) is 10.1 Å². The topological polar surface area (TPSA) is 41.6 Å². The molecule has 1 aliphatic heterocycles. The summed E-state index contributed by atoms with van der Waals surface area (Å²) in [7, 11) is 5.30. The largest absolute Gasteiger partial charge is 0.466 e. The van der Waals surface area contributed by atoms with E-state index in [2.05, 4.69) is 11.9 Å². The van der Waals surface area contributed by atoms with Crippen molar-refractivity contribution in [1.82, 2.24) is 5.32 Å². The summed E-state index contributed by atoms with van der Waals surface area (Å²) in [5.41, 5.74) is 7.11. The number of ether oxygens (including phenoxy) is 1. The zero-order chi connectivity index (χ0) is 23.9. The molecule has 1 aliphatic carbocycles. The molecule has 0 fully saturated rings. The van der Waals surface area contributed by atoms with E-state index in [0.29, 0.717) is 17.0 Å². The number of hydrogen-bond acceptors (Lipinski definition) is 4. The van der Waals surface area contributed by atoms with Gasteiger partial charge >= 0.3 is 5.97 Å². The summed E-state index contributed by atoms with van der Waals surface area (Å²) in [4.78, 5) is 14.9. The molecule has 2 aromatic rings. The number of anilines is 1. The molecule has 4 rings (SSSR count). The average molecular weight is 467 g/mol. The van der Waals surface area contributed by atoms with Crippen LogP contribution in [-0.4, -0.2) is 27.2 Å². The van der Waals surface area contributed by atoms with Crippen LogP contribution in [0, 0.1) is 5.82 Å². The number of rotatable bonds is 4. The number of nitrogens with zero attached hydrogens (tertiary/aromatic N) is 1. The van der Waals surface area contributed by atoms with Gasteiger partial charge < -0.3 is 15.0 Å². The molecule has 172 valence electrons. The molecule has 2 unspecified atom stereocenters. The molecule has 0 spiro atoms. The number of esters is 1. The molecule has 2 aliphatic rings. The van der Waals surface area contributed by atoms with Gasteiger partial charge in [0.05, 0.1) is 12.7 Å². The first kappa shape index (κ1) is 23.1. The highest BCUT2D eigenvalue weighted by Gasteiger charge is 2.39. The average Bonchev–Trinajstić information content (AvgIpc) is 2.78. The highest BCUT2D eigenvalue weighted by molar-refractivity contribution is 6.31. The van der Waals surface area contributed by atoms with Crippen LogP contribution in [-0.2, 0) is 9.53 Å². The Bertz CT molecular complexity index is 1180. The molecular formula is C27H28ClFN2O2. The van der Waals surface area contributed by atoms with E-state index in [1.54, 1.807) is 0 Å². The van der Waals surface area contributed by atoms with Gasteiger partial charge in [-0.25, -0.2) is 9.18 Å². The first-order valence-corrected chi connectivity index (χ1v) is 11.3. The van der Waals surface area contributed by atoms with Crippen molar-refractivity contribution in [3.05, 3.63) is 99.1 Å². The molecule has 0 bridgehead atoms. The van der Waals surface area contributed by atoms with Crippen molar-refractivity contribution in [3.8, 4) is 0 Å². The first-order chi connectivity index (χ1) is 15.7. The lowest BCUT2D eigenvalue weighted by atomic mass is 9.70. The zero-order valence-corrected chi connectivity index (χ0v) is 20.1. The molecule has 1 N–H and O–H groups in total. The third kappa shape index (κ3) is 4.30. The van der Waals surface area contributed by atoms with Gasteiger partial charge in [0.25, 0.3) is 0 Å². The maximum absolute atomic E-state index is 13.5. The number of nitrogens with one attached hydrogen (secondary N) is 1. The fraction of sp³-hybridized carbons (Fsp3) is 0.296. The Kier molecular flexibility index (Phi) is 6.35. The molecule has 0 saturated heterocycles. The van der Waals surface area contributed by atoms with Crippen LogP contribution in [0.3, 0.4) is 0 Å². The van der Waals surface area contributed by atoms with Crippen molar-refractivity contribution in [2.75, 3.05) is 26.1 Å². The lowest BCUT2D eigenvalue weighted by molar-refractivity contribution is -0.136. The second kappa shape index (κ2) is 9.06. The number of methoxy groups -OCH3 is 1. The van der Waals surface area contributed by atoms with Gasteiger partial charge in [0.2, 0.25) is 0 Å². The Morgan fingerprint density at radius 1 is 1.18 bits per heavy atom. The number of allylic oxidation sites excluding steroid dienone is 4. The summed E-state index contributed by atoms with van der Waals surface area (Å²) < 4.78 is 18.6. The molecule has 0 aromatic heterocycles. The Labute approximate surface area is 199 Å². The Morgan fingerprint density at radius 2 is 1.88 bits per heavy atom. The SMILES string of the molecule is C=C1CC(c2ccc(F)cc2)CC2=C1C(c1ccc(N(C)C)cc1Cl)C(C(=O)OC)=C(C)N2. The van der Waals surface area contributed by atoms with E-state index in [1.807, 2.05) is 56.3 Å². The van der Waals surface area contributed by atoms with E-state index in [1.165, 1.54) is 19.2 Å². The lowest BCUT2D eigenvalue weighted by Crippen LogP contribution is -2.33. The van der Waals surface area contributed by atoms with Gasteiger partial charge in [-0.2, -0.15) is 0 Å². The Hall–Kier alpha value is -3.05. The lowest BCUT2D eigenvalue weighted by Gasteiger charge is -2.39. The van der Waals surface area contributed by atoms with E-state index in [0.717, 1.165) is 45.8 Å². The number of hydrogen-bond donors (Lipinski definition) is 1. The Balaban J connectivity index is 1.82. The summed E-state index contributed by atoms with van der Waals surface area (Å²) >= 11 is 6.78. The van der Waals surface area contributed by atoms with Gasteiger partial charge in [-0.3, -0.25) is 0 Å². The molecule has 0 amide bonds. The quantitative estimate of drug-likeness (QED) is 0.555. The Morgan fingerprint density at radius 3 is 2.48 bits per heavy atom. The molecule has 33 heavy (non-hydrogen) atoms. The van der Waals surface area contributed by atoms with Crippen molar-refractivity contribution in [2.45, 2.75) is 31.6 Å². The summed E-state index contributed by atoms with van der Waals surface area (Å²) in [6, 6.07) is 12.5. The van der Waals surface area contributed by atoms with Gasteiger partial charge in [0, 0.05) is 42.1 Å². The van der Waals surface area contributed by atoms with Crippen LogP contribution >= 0.6 is 11.6 Å². The van der Waals surface area contributed by atoms with Crippen LogP contribution in [0.15, 0.2) is 77.2 Å². The third-order valence-electron chi connectivity index (χ3n) is 6.53. The molecule has 6 heteroatoms. The van der Waals surface area contributed by atoms with Crippen molar-refractivity contribution in [2.24, 2.45) is 0 Å². The van der Waals surface area contributed by atoms with Gasteiger partial charge in [-0.15, -0.1) is 0 Å². The van der Waals surface area contributed by atoms with Gasteiger partial charge in [0.15, 0.2) is 0 Å². The number of halogens is 2. The maximum Gasteiger partial charge on any atom is 0.336 e. The summed E-state index contributed by atoms with van der Waals surface area (Å²) in [5.74, 6) is -0.845. The van der Waals surface area contributed by atoms with E-state index >= 15 is 0 Å². The predicted octanol–water partition coefficient (Wildman–Crippen LogP) is 6.07. The second-order valence-electron chi connectivity index (χ2n) is 8.84. The highest BCUT2D eigenvalue weighted by Crippen LogP contribution is 2.50. The van der Waals surface area contributed by atoms with Crippen molar-refractivity contribution < 1.29 is 13.9 Å². The standard InChI is InChI=1S/C27H28ClFN2O2/c1-15-12-18(17-6-8-19(29)9-7-17)13-23-24(15)26(25(16(2)30-23)27(32)33-5)21-11-10-20(31(3)4)14-22(21)28/h6-11,14,18,26,30H,1,12-13H2,2-5H3. The van der Waals surface area contributed by atoms with Crippen molar-refractivity contribution in [3.63, 3.8) is 0 Å². The number of dihydropyridines is 1. The zero-order valence-electron chi connectivity index (χ0n) is 19.3. The van der Waals surface area contributed by atoms with Crippen LogP contribution in [0.25, 0.3) is 0 Å². The van der Waals surface area contributed by atoms with Crippen LogP contribution < -0.4 is 10.2 Å². The minimum Gasteiger partial charge on any atom is -0.466 e. The van der Waals surface area contributed by atoms with Crippen molar-refractivity contribution >= 4 is 23.3 Å². The smallest absolute Gasteiger partial charge is 0.336 e. The van der Waals surface area contributed by atoms with Crippen LogP contribution in [0.2, 0.25) is 5.02 Å². The van der Waals surface area contributed by atoms with Gasteiger partial charge in [-0.05, 0) is 72.2 Å². The van der Waals surface area contributed by atoms with Gasteiger partial charge in [0.1, 0.15) is 5.82 Å². The minimum atomic E-state index is -0.391. The molecule has 2 atom stereocenters. The van der Waals surface area contributed by atoms with Crippen LogP contribution in [0.5, 0.6) is 0 Å². The number of benzene rings is 2. The molecule has 0 saturated carbocycles. The van der Waals surface area contributed by atoms with E-state index < -0.39 is 5.97 Å². The maximum atomic E-state index is 13.5. The predicted molar refractivity (Wildman–Crippen MR) is 131 cm³/mol. The van der Waals surface area contributed by atoms with E-state index in [4.69, 9.17) is 16.3 Å². The molecular weight excluding hydrogens is 439 g/mol. The summed E-state index contributed by atoms with van der Waals surface area (Å²) in [5, 5.41) is 4.03. The van der Waals surface area contributed by atoms with E-state index in [-0.39, 0.29) is 17.7 Å². The van der Waals surface area contributed by atoms with E-state index in [9.17, 15) is 9.18 Å². The van der Waals surface area contributed by atoms with Gasteiger partial charge in [-0.1, -0.05) is 36.4 Å². The second-order valence-corrected chi connectivity index (χ2v) is 9.25.